The Bertz CT molecular complexity index is 916. The molecule has 1 N–H and O–H groups in total. The molecule has 0 spiro atoms. The summed E-state index contributed by atoms with van der Waals surface area (Å²) in [5.74, 6) is 0.529. The SMILES string of the molecule is CC(C)n1cnc(S(=O)(=O)NCc2nccnc2-c2ccco2)c1. The number of furan rings is 1. The van der Waals surface area contributed by atoms with Gasteiger partial charge in [-0.25, -0.2) is 23.1 Å². The minimum absolute atomic E-state index is 0.0131. The van der Waals surface area contributed by atoms with E-state index < -0.39 is 10.0 Å². The zero-order valence-electron chi connectivity index (χ0n) is 13.2. The predicted octanol–water partition coefficient (Wildman–Crippen LogP) is 1.99. The topological polar surface area (TPSA) is 103 Å². The van der Waals surface area contributed by atoms with Gasteiger partial charge in [-0.2, -0.15) is 0 Å². The van der Waals surface area contributed by atoms with Crippen molar-refractivity contribution in [2.75, 3.05) is 0 Å². The van der Waals surface area contributed by atoms with Gasteiger partial charge in [0, 0.05) is 24.6 Å². The molecule has 0 atom stereocenters. The van der Waals surface area contributed by atoms with E-state index >= 15 is 0 Å². The zero-order valence-corrected chi connectivity index (χ0v) is 14.1. The minimum Gasteiger partial charge on any atom is -0.463 e. The summed E-state index contributed by atoms with van der Waals surface area (Å²) in [5, 5.41) is -0.0281. The van der Waals surface area contributed by atoms with Crippen molar-refractivity contribution in [3.05, 3.63) is 49.0 Å². The van der Waals surface area contributed by atoms with E-state index in [0.717, 1.165) is 0 Å². The fourth-order valence-electron chi connectivity index (χ4n) is 2.09. The van der Waals surface area contributed by atoms with E-state index in [1.54, 1.807) is 16.7 Å². The summed E-state index contributed by atoms with van der Waals surface area (Å²) in [6, 6.07) is 3.61. The van der Waals surface area contributed by atoms with Crippen LogP contribution in [0.5, 0.6) is 0 Å². The number of aromatic nitrogens is 4. The molecule has 0 saturated heterocycles. The molecule has 0 saturated carbocycles. The fraction of sp³-hybridized carbons (Fsp3) is 0.267. The second-order valence-electron chi connectivity index (χ2n) is 5.41. The van der Waals surface area contributed by atoms with Crippen molar-refractivity contribution in [2.24, 2.45) is 0 Å². The molecule has 3 aromatic heterocycles. The molecule has 0 aromatic carbocycles. The molecular formula is C15H17N5O3S. The van der Waals surface area contributed by atoms with Crippen LogP contribution in [0.25, 0.3) is 11.5 Å². The molecule has 9 heteroatoms. The molecule has 0 aliphatic rings. The van der Waals surface area contributed by atoms with Gasteiger partial charge in [0.2, 0.25) is 0 Å². The molecule has 3 heterocycles. The first-order valence-corrected chi connectivity index (χ1v) is 8.82. The Morgan fingerprint density at radius 3 is 2.71 bits per heavy atom. The number of hydrogen-bond donors (Lipinski definition) is 1. The molecule has 24 heavy (non-hydrogen) atoms. The van der Waals surface area contributed by atoms with E-state index in [2.05, 4.69) is 19.7 Å². The Morgan fingerprint density at radius 1 is 1.25 bits per heavy atom. The molecule has 0 bridgehead atoms. The van der Waals surface area contributed by atoms with Crippen molar-refractivity contribution in [2.45, 2.75) is 31.5 Å². The second kappa shape index (κ2) is 6.54. The average Bonchev–Trinajstić information content (AvgIpc) is 3.25. The quantitative estimate of drug-likeness (QED) is 0.731. The third-order valence-electron chi connectivity index (χ3n) is 3.41. The van der Waals surface area contributed by atoms with Crippen LogP contribution in [0.3, 0.4) is 0 Å². The lowest BCUT2D eigenvalue weighted by Crippen LogP contribution is -2.24. The number of nitrogens with one attached hydrogen (secondary N) is 1. The summed E-state index contributed by atoms with van der Waals surface area (Å²) in [5.41, 5.74) is 0.970. The van der Waals surface area contributed by atoms with E-state index in [0.29, 0.717) is 17.1 Å². The van der Waals surface area contributed by atoms with E-state index in [9.17, 15) is 8.42 Å². The summed E-state index contributed by atoms with van der Waals surface area (Å²) < 4.78 is 34.3. The highest BCUT2D eigenvalue weighted by Crippen LogP contribution is 2.20. The Labute approximate surface area is 139 Å². The van der Waals surface area contributed by atoms with Crippen molar-refractivity contribution in [1.82, 2.24) is 24.2 Å². The molecule has 0 unspecified atom stereocenters. The summed E-state index contributed by atoms with van der Waals surface area (Å²) in [6.45, 7) is 3.88. The van der Waals surface area contributed by atoms with Crippen molar-refractivity contribution in [3.8, 4) is 11.5 Å². The monoisotopic (exact) mass is 347 g/mol. The van der Waals surface area contributed by atoms with Crippen molar-refractivity contribution in [1.29, 1.82) is 0 Å². The van der Waals surface area contributed by atoms with Gasteiger partial charge in [-0.3, -0.25) is 4.98 Å². The molecular weight excluding hydrogens is 330 g/mol. The maximum Gasteiger partial charge on any atom is 0.259 e. The van der Waals surface area contributed by atoms with Gasteiger partial charge in [0.05, 0.1) is 24.8 Å². The zero-order chi connectivity index (χ0) is 17.2. The maximum atomic E-state index is 12.4. The lowest BCUT2D eigenvalue weighted by atomic mass is 10.2. The van der Waals surface area contributed by atoms with Gasteiger partial charge in [-0.05, 0) is 26.0 Å². The fourth-order valence-corrected chi connectivity index (χ4v) is 3.01. The standard InChI is InChI=1S/C15H17N5O3S/c1-11(2)20-9-14(18-10-20)24(21,22)19-8-12-15(17-6-5-16-12)13-4-3-7-23-13/h3-7,9-11,19H,8H2,1-2H3. The lowest BCUT2D eigenvalue weighted by molar-refractivity contribution is 0.571. The van der Waals surface area contributed by atoms with Crippen molar-refractivity contribution in [3.63, 3.8) is 0 Å². The van der Waals surface area contributed by atoms with Crippen LogP contribution in [0.4, 0.5) is 0 Å². The highest BCUT2D eigenvalue weighted by molar-refractivity contribution is 7.89. The van der Waals surface area contributed by atoms with E-state index in [1.165, 1.54) is 31.2 Å². The largest absolute Gasteiger partial charge is 0.463 e. The first-order chi connectivity index (χ1) is 11.5. The first-order valence-electron chi connectivity index (χ1n) is 7.34. The van der Waals surface area contributed by atoms with Crippen molar-refractivity contribution < 1.29 is 12.8 Å². The molecule has 8 nitrogen and oxygen atoms in total. The third kappa shape index (κ3) is 3.36. The van der Waals surface area contributed by atoms with Gasteiger partial charge >= 0.3 is 0 Å². The van der Waals surface area contributed by atoms with Gasteiger partial charge in [0.1, 0.15) is 5.69 Å². The van der Waals surface area contributed by atoms with Gasteiger partial charge in [-0.15, -0.1) is 0 Å². The second-order valence-corrected chi connectivity index (χ2v) is 7.12. The molecule has 3 aromatic rings. The summed E-state index contributed by atoms with van der Waals surface area (Å²) in [4.78, 5) is 12.4. The normalized spacial score (nSPS) is 12.0. The van der Waals surface area contributed by atoms with E-state index in [4.69, 9.17) is 4.42 Å². The number of rotatable bonds is 6. The summed E-state index contributed by atoms with van der Waals surface area (Å²) in [6.07, 6.45) is 7.55. The molecule has 0 radical (unpaired) electrons. The number of nitrogens with zero attached hydrogens (tertiary/aromatic N) is 4. The molecule has 3 rings (SSSR count). The van der Waals surface area contributed by atoms with E-state index in [-0.39, 0.29) is 17.6 Å². The van der Waals surface area contributed by atoms with Crippen molar-refractivity contribution >= 4 is 10.0 Å². The first kappa shape index (κ1) is 16.3. The molecule has 0 aliphatic heterocycles. The minimum atomic E-state index is -3.74. The van der Waals surface area contributed by atoms with Crippen LogP contribution in [0, 0.1) is 0 Å². The summed E-state index contributed by atoms with van der Waals surface area (Å²) in [7, 11) is -3.74. The van der Waals surface area contributed by atoms with Crippen LogP contribution in [0.1, 0.15) is 25.6 Å². The number of hydrogen-bond acceptors (Lipinski definition) is 6. The Kier molecular flexibility index (Phi) is 4.45. The Hall–Kier alpha value is -2.52. The van der Waals surface area contributed by atoms with Crippen LogP contribution in [0.2, 0.25) is 0 Å². The predicted molar refractivity (Wildman–Crippen MR) is 86.4 cm³/mol. The average molecular weight is 347 g/mol. The molecule has 0 aliphatic carbocycles. The van der Waals surface area contributed by atoms with Gasteiger partial charge in [-0.1, -0.05) is 0 Å². The highest BCUT2D eigenvalue weighted by Gasteiger charge is 2.19. The maximum absolute atomic E-state index is 12.4. The van der Waals surface area contributed by atoms with Crippen LogP contribution in [0.15, 0.2) is 52.8 Å². The van der Waals surface area contributed by atoms with E-state index in [1.807, 2.05) is 13.8 Å². The Balaban J connectivity index is 1.80. The lowest BCUT2D eigenvalue weighted by Gasteiger charge is -2.07. The highest BCUT2D eigenvalue weighted by atomic mass is 32.2. The molecule has 0 fully saturated rings. The third-order valence-corrected chi connectivity index (χ3v) is 4.69. The Morgan fingerprint density at radius 2 is 2.04 bits per heavy atom. The van der Waals surface area contributed by atoms with Crippen LogP contribution < -0.4 is 4.72 Å². The molecule has 0 amide bonds. The van der Waals surface area contributed by atoms with Gasteiger partial charge < -0.3 is 8.98 Å². The number of sulfonamides is 1. The summed E-state index contributed by atoms with van der Waals surface area (Å²) >= 11 is 0. The van der Waals surface area contributed by atoms with Crippen LogP contribution >= 0.6 is 0 Å². The van der Waals surface area contributed by atoms with Crippen LogP contribution in [-0.4, -0.2) is 27.9 Å². The number of imidazole rings is 1. The van der Waals surface area contributed by atoms with Gasteiger partial charge in [0.25, 0.3) is 10.0 Å². The molecule has 126 valence electrons. The smallest absolute Gasteiger partial charge is 0.259 e. The van der Waals surface area contributed by atoms with Crippen LogP contribution in [-0.2, 0) is 16.6 Å². The van der Waals surface area contributed by atoms with Gasteiger partial charge in [0.15, 0.2) is 10.8 Å².